The lowest BCUT2D eigenvalue weighted by Crippen LogP contribution is -2.22. The molecule has 1 aromatic carbocycles. The number of benzene rings is 1. The van der Waals surface area contributed by atoms with Crippen LogP contribution in [0.3, 0.4) is 0 Å². The fourth-order valence-electron chi connectivity index (χ4n) is 1.48. The normalized spacial score (nSPS) is 11.8. The third-order valence-corrected chi connectivity index (χ3v) is 4.49. The van der Waals surface area contributed by atoms with E-state index in [2.05, 4.69) is 0 Å². The van der Waals surface area contributed by atoms with E-state index in [1.165, 1.54) is 26.2 Å². The topological polar surface area (TPSA) is 91.1 Å². The van der Waals surface area contributed by atoms with E-state index >= 15 is 0 Å². The van der Waals surface area contributed by atoms with Gasteiger partial charge in [-0.2, -0.15) is 0 Å². The summed E-state index contributed by atoms with van der Waals surface area (Å²) >= 11 is 0. The summed E-state index contributed by atoms with van der Waals surface area (Å²) in [6.07, 6.45) is 0. The first kappa shape index (κ1) is 17.7. The molecule has 0 aromatic heterocycles. The Kier molecular flexibility index (Phi) is 6.90. The largest absolute Gasteiger partial charge is 0.489 e. The van der Waals surface area contributed by atoms with Gasteiger partial charge in [0.2, 0.25) is 10.0 Å². The molecule has 8 heteroatoms. The van der Waals surface area contributed by atoms with Crippen LogP contribution in [0.5, 0.6) is 5.75 Å². The maximum atomic E-state index is 12.0. The van der Waals surface area contributed by atoms with E-state index in [1.54, 1.807) is 13.2 Å². The highest BCUT2D eigenvalue weighted by atomic mass is 32.2. The van der Waals surface area contributed by atoms with Crippen LogP contribution < -0.4 is 10.5 Å². The second-order valence-electron chi connectivity index (χ2n) is 4.44. The third-order valence-electron chi connectivity index (χ3n) is 2.68. The van der Waals surface area contributed by atoms with Gasteiger partial charge in [-0.15, -0.1) is 0 Å². The second-order valence-corrected chi connectivity index (χ2v) is 6.59. The molecule has 0 bridgehead atoms. The summed E-state index contributed by atoms with van der Waals surface area (Å²) in [7, 11) is 1.04. The van der Waals surface area contributed by atoms with Gasteiger partial charge in [-0.1, -0.05) is 0 Å². The van der Waals surface area contributed by atoms with E-state index < -0.39 is 10.0 Å². The smallest absolute Gasteiger partial charge is 0.242 e. The van der Waals surface area contributed by atoms with Gasteiger partial charge in [-0.3, -0.25) is 0 Å². The predicted molar refractivity (Wildman–Crippen MR) is 79.9 cm³/mol. The van der Waals surface area contributed by atoms with E-state index in [0.717, 1.165) is 4.31 Å². The van der Waals surface area contributed by atoms with Crippen LogP contribution in [0.2, 0.25) is 0 Å². The molecule has 0 fully saturated rings. The molecule has 0 unspecified atom stereocenters. The minimum Gasteiger partial charge on any atom is -0.489 e. The van der Waals surface area contributed by atoms with Crippen molar-refractivity contribution in [1.82, 2.24) is 4.31 Å². The van der Waals surface area contributed by atoms with Crippen molar-refractivity contribution in [2.45, 2.75) is 4.90 Å². The maximum absolute atomic E-state index is 12.0. The molecule has 0 amide bonds. The van der Waals surface area contributed by atoms with Crippen molar-refractivity contribution in [3.05, 3.63) is 18.2 Å². The summed E-state index contributed by atoms with van der Waals surface area (Å²) in [4.78, 5) is 0.133. The molecular formula is C13H22N2O5S. The van der Waals surface area contributed by atoms with Crippen LogP contribution >= 0.6 is 0 Å². The average molecular weight is 318 g/mol. The lowest BCUT2D eigenvalue weighted by molar-refractivity contribution is 0.0545. The highest BCUT2D eigenvalue weighted by molar-refractivity contribution is 7.89. The summed E-state index contributed by atoms with van der Waals surface area (Å²) in [5.74, 6) is 0.433. The van der Waals surface area contributed by atoms with Gasteiger partial charge in [0.15, 0.2) is 0 Å². The maximum Gasteiger partial charge on any atom is 0.242 e. The van der Waals surface area contributed by atoms with Gasteiger partial charge < -0.3 is 19.9 Å². The van der Waals surface area contributed by atoms with Gasteiger partial charge in [0.25, 0.3) is 0 Å². The number of hydrogen-bond donors (Lipinski definition) is 1. The monoisotopic (exact) mass is 318 g/mol. The number of nitrogens with two attached hydrogens (primary N) is 1. The van der Waals surface area contributed by atoms with Crippen LogP contribution in [-0.2, 0) is 19.5 Å². The number of methoxy groups -OCH3 is 1. The highest BCUT2D eigenvalue weighted by Gasteiger charge is 2.18. The quantitative estimate of drug-likeness (QED) is 0.528. The lowest BCUT2D eigenvalue weighted by atomic mass is 10.3. The molecule has 21 heavy (non-hydrogen) atoms. The summed E-state index contributed by atoms with van der Waals surface area (Å²) in [5.41, 5.74) is 6.08. The van der Waals surface area contributed by atoms with E-state index in [4.69, 9.17) is 19.9 Å². The van der Waals surface area contributed by atoms with Gasteiger partial charge in [0.05, 0.1) is 30.4 Å². The predicted octanol–water partition coefficient (Wildman–Crippen LogP) is 0.561. The molecule has 120 valence electrons. The van der Waals surface area contributed by atoms with Gasteiger partial charge in [0, 0.05) is 21.2 Å². The fourth-order valence-corrected chi connectivity index (χ4v) is 2.42. The van der Waals surface area contributed by atoms with Gasteiger partial charge >= 0.3 is 0 Å². The van der Waals surface area contributed by atoms with E-state index in [9.17, 15) is 8.42 Å². The molecule has 0 heterocycles. The Bertz CT molecular complexity index is 545. The van der Waals surface area contributed by atoms with Crippen molar-refractivity contribution in [2.24, 2.45) is 0 Å². The summed E-state index contributed by atoms with van der Waals surface area (Å²) < 4.78 is 40.6. The number of sulfonamides is 1. The van der Waals surface area contributed by atoms with Crippen molar-refractivity contribution in [2.75, 3.05) is 53.4 Å². The summed E-state index contributed by atoms with van der Waals surface area (Å²) in [5, 5.41) is 0. The molecule has 1 rings (SSSR count). The zero-order valence-electron chi connectivity index (χ0n) is 12.5. The number of nitrogens with zero attached hydrogens (tertiary/aromatic N) is 1. The number of hydrogen-bond acceptors (Lipinski definition) is 6. The number of rotatable bonds is 9. The standard InChI is InChI=1S/C13H22N2O5S/c1-15(2)21(16,17)11-4-5-13(12(14)10-11)20-9-8-19-7-6-18-3/h4-5,10H,6-9,14H2,1-3H3. The number of anilines is 1. The molecule has 7 nitrogen and oxygen atoms in total. The number of nitrogen functional groups attached to an aromatic ring is 1. The Morgan fingerprint density at radius 1 is 1.14 bits per heavy atom. The van der Waals surface area contributed by atoms with Crippen molar-refractivity contribution < 1.29 is 22.6 Å². The van der Waals surface area contributed by atoms with Gasteiger partial charge in [0.1, 0.15) is 12.4 Å². The van der Waals surface area contributed by atoms with Crippen LogP contribution in [-0.4, -0.2) is 60.4 Å². The molecule has 0 aliphatic heterocycles. The molecular weight excluding hydrogens is 296 g/mol. The third kappa shape index (κ3) is 5.16. The lowest BCUT2D eigenvalue weighted by Gasteiger charge is -2.14. The van der Waals surface area contributed by atoms with E-state index in [-0.39, 0.29) is 10.6 Å². The van der Waals surface area contributed by atoms with Crippen molar-refractivity contribution >= 4 is 15.7 Å². The Labute approximate surface area is 125 Å². The fraction of sp³-hybridized carbons (Fsp3) is 0.538. The highest BCUT2D eigenvalue weighted by Crippen LogP contribution is 2.25. The Hall–Kier alpha value is -1.35. The van der Waals surface area contributed by atoms with E-state index in [1.807, 2.05) is 0 Å². The SMILES string of the molecule is COCCOCCOc1ccc(S(=O)(=O)N(C)C)cc1N. The van der Waals surface area contributed by atoms with E-state index in [0.29, 0.717) is 32.2 Å². The summed E-state index contributed by atoms with van der Waals surface area (Å²) in [6.45, 7) is 1.75. The van der Waals surface area contributed by atoms with Crippen molar-refractivity contribution in [3.63, 3.8) is 0 Å². The van der Waals surface area contributed by atoms with Crippen molar-refractivity contribution in [1.29, 1.82) is 0 Å². The zero-order chi connectivity index (χ0) is 15.9. The molecule has 0 spiro atoms. The van der Waals surface area contributed by atoms with Gasteiger partial charge in [-0.25, -0.2) is 12.7 Å². The Balaban J connectivity index is 2.59. The van der Waals surface area contributed by atoms with Crippen molar-refractivity contribution in [3.8, 4) is 5.75 Å². The molecule has 0 saturated heterocycles. The molecule has 0 aliphatic carbocycles. The minimum absolute atomic E-state index is 0.133. The first-order chi connectivity index (χ1) is 9.89. The van der Waals surface area contributed by atoms with Crippen LogP contribution in [0.15, 0.2) is 23.1 Å². The van der Waals surface area contributed by atoms with Gasteiger partial charge in [-0.05, 0) is 18.2 Å². The Morgan fingerprint density at radius 2 is 1.81 bits per heavy atom. The molecule has 0 atom stereocenters. The summed E-state index contributed by atoms with van der Waals surface area (Å²) in [6, 6.07) is 4.39. The molecule has 0 radical (unpaired) electrons. The molecule has 1 aromatic rings. The molecule has 0 aliphatic rings. The minimum atomic E-state index is -3.49. The first-order valence-electron chi connectivity index (χ1n) is 6.41. The molecule has 0 saturated carbocycles. The molecule has 2 N–H and O–H groups in total. The van der Waals surface area contributed by atoms with Crippen LogP contribution in [0, 0.1) is 0 Å². The second kappa shape index (κ2) is 8.18. The van der Waals surface area contributed by atoms with Crippen LogP contribution in [0.1, 0.15) is 0 Å². The number of ether oxygens (including phenoxy) is 3. The van der Waals surface area contributed by atoms with Crippen LogP contribution in [0.4, 0.5) is 5.69 Å². The first-order valence-corrected chi connectivity index (χ1v) is 7.85. The average Bonchev–Trinajstić information content (AvgIpc) is 2.43. The van der Waals surface area contributed by atoms with Crippen LogP contribution in [0.25, 0.3) is 0 Å². The zero-order valence-corrected chi connectivity index (χ0v) is 13.4. The Morgan fingerprint density at radius 3 is 2.38 bits per heavy atom.